The van der Waals surface area contributed by atoms with Gasteiger partial charge < -0.3 is 10.2 Å². The molecule has 0 saturated carbocycles. The van der Waals surface area contributed by atoms with Crippen molar-refractivity contribution >= 4 is 0 Å². The quantitative estimate of drug-likeness (QED) is 0.226. The van der Waals surface area contributed by atoms with Gasteiger partial charge in [-0.25, -0.2) is 0 Å². The number of aromatic hydroxyl groups is 1. The molecule has 44 heavy (non-hydrogen) atoms. The Balaban J connectivity index is 0. The van der Waals surface area contributed by atoms with E-state index in [1.807, 2.05) is 19.1 Å². The number of aliphatic hydroxyl groups excluding tert-OH is 1. The molecular weight excluding hydrogens is 536 g/mol. The van der Waals surface area contributed by atoms with E-state index in [9.17, 15) is 0 Å². The third-order valence-electron chi connectivity index (χ3n) is 6.50. The number of phenols is 1. The van der Waals surface area contributed by atoms with Gasteiger partial charge in [-0.3, -0.25) is 0 Å². The smallest absolute Gasteiger partial charge is 0.115 e. The fourth-order valence-corrected chi connectivity index (χ4v) is 3.71. The van der Waals surface area contributed by atoms with Gasteiger partial charge in [0.05, 0.1) is 0 Å². The first-order chi connectivity index (χ1) is 20.5. The van der Waals surface area contributed by atoms with Crippen LogP contribution >= 0.6 is 0 Å². The van der Waals surface area contributed by atoms with Crippen LogP contribution in [0.15, 0.2) is 123 Å². The zero-order valence-electron chi connectivity index (χ0n) is 29.5. The van der Waals surface area contributed by atoms with Crippen LogP contribution < -0.4 is 0 Å². The fourth-order valence-electron chi connectivity index (χ4n) is 3.71. The normalized spacial score (nSPS) is 10.0. The predicted octanol–water partition coefficient (Wildman–Crippen LogP) is 11.6. The Kier molecular flexibility index (Phi) is 20.9. The van der Waals surface area contributed by atoms with Crippen molar-refractivity contribution in [3.8, 4) is 5.75 Å². The molecule has 2 nitrogen and oxygen atoms in total. The van der Waals surface area contributed by atoms with E-state index in [1.54, 1.807) is 26.0 Å². The van der Waals surface area contributed by atoms with Gasteiger partial charge in [-0.2, -0.15) is 0 Å². The number of rotatable bonds is 2. The second kappa shape index (κ2) is 21.8. The first-order valence-corrected chi connectivity index (χ1v) is 15.2. The maximum atomic E-state index is 8.76. The van der Waals surface area contributed by atoms with Crippen molar-refractivity contribution in [1.29, 1.82) is 0 Å². The molecule has 0 bridgehead atoms. The molecule has 0 fully saturated rings. The summed E-state index contributed by atoms with van der Waals surface area (Å²) in [6, 6.07) is 33.5. The Morgan fingerprint density at radius 1 is 0.455 bits per heavy atom. The van der Waals surface area contributed by atoms with Gasteiger partial charge in [0.25, 0.3) is 0 Å². The van der Waals surface area contributed by atoms with E-state index in [0.717, 1.165) is 0 Å². The molecule has 0 heterocycles. The van der Waals surface area contributed by atoms with Crippen LogP contribution in [0.4, 0.5) is 0 Å². The molecule has 240 valence electrons. The lowest BCUT2D eigenvalue weighted by Crippen LogP contribution is -2.19. The first-order valence-electron chi connectivity index (χ1n) is 15.2. The van der Waals surface area contributed by atoms with Crippen LogP contribution in [0.25, 0.3) is 0 Å². The number of aryl methyl sites for hydroxylation is 4. The molecule has 4 rings (SSSR count). The topological polar surface area (TPSA) is 40.5 Å². The van der Waals surface area contributed by atoms with E-state index in [1.165, 1.54) is 38.9 Å². The summed E-state index contributed by atoms with van der Waals surface area (Å²) < 4.78 is 0. The maximum absolute atomic E-state index is 8.76. The van der Waals surface area contributed by atoms with Gasteiger partial charge in [-0.1, -0.05) is 142 Å². The average molecular weight is 597 g/mol. The molecule has 4 aromatic rings. The minimum absolute atomic E-state index is 0.0457. The number of benzene rings is 4. The van der Waals surface area contributed by atoms with Crippen molar-refractivity contribution in [1.82, 2.24) is 0 Å². The van der Waals surface area contributed by atoms with Gasteiger partial charge in [0.1, 0.15) is 5.75 Å². The molecule has 0 radical (unpaired) electrons. The van der Waals surface area contributed by atoms with Crippen LogP contribution in [-0.2, 0) is 10.8 Å². The summed E-state index contributed by atoms with van der Waals surface area (Å²) in [5.41, 5.74) is 9.53. The number of phenolic OH excluding ortho intramolecular Hbond substituents is 1. The van der Waals surface area contributed by atoms with Gasteiger partial charge >= 0.3 is 0 Å². The zero-order chi connectivity index (χ0) is 34.5. The molecule has 0 spiro atoms. The zero-order valence-corrected chi connectivity index (χ0v) is 29.5. The van der Waals surface area contributed by atoms with Crippen LogP contribution in [0.5, 0.6) is 5.75 Å². The second-order valence-electron chi connectivity index (χ2n) is 12.4. The molecule has 4 aromatic carbocycles. The molecule has 0 aliphatic carbocycles. The van der Waals surface area contributed by atoms with Gasteiger partial charge in [0, 0.05) is 11.5 Å². The van der Waals surface area contributed by atoms with Gasteiger partial charge in [-0.15, -0.1) is 26.3 Å². The molecule has 2 N–H and O–H groups in total. The molecular formula is C42H60O2. The van der Waals surface area contributed by atoms with Crippen LogP contribution in [0.3, 0.4) is 0 Å². The lowest BCUT2D eigenvalue weighted by Gasteiger charge is -2.27. The molecule has 0 saturated heterocycles. The van der Waals surface area contributed by atoms with Crippen LogP contribution in [0.2, 0.25) is 0 Å². The first kappa shape index (κ1) is 42.3. The number of aliphatic hydroxyl groups is 1. The van der Waals surface area contributed by atoms with Crippen molar-refractivity contribution in [2.24, 2.45) is 0 Å². The summed E-state index contributed by atoms with van der Waals surface area (Å²) in [5, 5.41) is 16.8. The van der Waals surface area contributed by atoms with Crippen molar-refractivity contribution in [2.75, 3.05) is 0 Å². The lowest BCUT2D eigenvalue weighted by atomic mass is 9.76. The third kappa shape index (κ3) is 17.9. The van der Waals surface area contributed by atoms with E-state index in [4.69, 9.17) is 10.2 Å². The Bertz CT molecular complexity index is 1170. The SMILES string of the molecule is C=C.C=C.CC(C)O.Cc1ccc(C(C)(C)c2ccc(C(C)(C)C)cc2)cc1.Cc1ccc(C)cc1.Cc1ccc(O)cc1. The minimum Gasteiger partial charge on any atom is -0.508 e. The molecule has 0 aliphatic heterocycles. The van der Waals surface area contributed by atoms with Gasteiger partial charge in [-0.05, 0) is 75.8 Å². The van der Waals surface area contributed by atoms with Crippen LogP contribution in [-0.4, -0.2) is 16.3 Å². The van der Waals surface area contributed by atoms with E-state index < -0.39 is 0 Å². The van der Waals surface area contributed by atoms with Gasteiger partial charge in [0.2, 0.25) is 0 Å². The molecule has 0 unspecified atom stereocenters. The maximum Gasteiger partial charge on any atom is 0.115 e. The van der Waals surface area contributed by atoms with E-state index in [-0.39, 0.29) is 16.9 Å². The largest absolute Gasteiger partial charge is 0.508 e. The predicted molar refractivity (Wildman–Crippen MR) is 197 cm³/mol. The monoisotopic (exact) mass is 596 g/mol. The highest BCUT2D eigenvalue weighted by atomic mass is 16.3. The lowest BCUT2D eigenvalue weighted by molar-refractivity contribution is 0.216. The van der Waals surface area contributed by atoms with Crippen LogP contribution in [0.1, 0.15) is 87.4 Å². The van der Waals surface area contributed by atoms with E-state index in [0.29, 0.717) is 5.75 Å². The summed E-state index contributed by atoms with van der Waals surface area (Å²) in [5.74, 6) is 0.329. The second-order valence-corrected chi connectivity index (χ2v) is 12.4. The van der Waals surface area contributed by atoms with E-state index in [2.05, 4.69) is 155 Å². The molecule has 0 aromatic heterocycles. The molecule has 0 aliphatic rings. The van der Waals surface area contributed by atoms with Crippen molar-refractivity contribution in [2.45, 2.75) is 93.1 Å². The fraction of sp³-hybridized carbons (Fsp3) is 0.333. The summed E-state index contributed by atoms with van der Waals surface area (Å²) in [6.45, 7) is 35.1. The average Bonchev–Trinajstić information content (AvgIpc) is 2.98. The third-order valence-corrected chi connectivity index (χ3v) is 6.50. The Labute approximate surface area is 270 Å². The van der Waals surface area contributed by atoms with Crippen molar-refractivity contribution in [3.05, 3.63) is 162 Å². The highest BCUT2D eigenvalue weighted by molar-refractivity contribution is 5.40. The number of hydrogen-bond acceptors (Lipinski definition) is 2. The highest BCUT2D eigenvalue weighted by Gasteiger charge is 2.23. The van der Waals surface area contributed by atoms with Crippen LogP contribution in [0, 0.1) is 27.7 Å². The number of hydrogen-bond donors (Lipinski definition) is 2. The summed E-state index contributed by atoms with van der Waals surface area (Å²) in [4.78, 5) is 0. The highest BCUT2D eigenvalue weighted by Crippen LogP contribution is 2.33. The Morgan fingerprint density at radius 2 is 0.659 bits per heavy atom. The Morgan fingerprint density at radius 3 is 0.909 bits per heavy atom. The molecule has 0 amide bonds. The standard InChI is InChI=1S/C20H26.C8H10.C7H8O.C3H8O.2C2H4/c1-15-7-9-17(10-8-15)20(5,6)18-13-11-16(12-14-18)19(2,3)4;1-7-3-5-8(2)6-4-7;1-6-2-4-7(8)5-3-6;1-3(2)4;2*1-2/h7-14H,1-6H3;3-6H,1-2H3;2-5,8H,1H3;3-4H,1-2H3;2*1-2H2. The minimum atomic E-state index is -0.167. The Hall–Kier alpha value is -3.88. The summed E-state index contributed by atoms with van der Waals surface area (Å²) in [6.07, 6.45) is -0.167. The molecule has 0 atom stereocenters. The van der Waals surface area contributed by atoms with Gasteiger partial charge in [0.15, 0.2) is 0 Å². The summed E-state index contributed by atoms with van der Waals surface area (Å²) in [7, 11) is 0. The molecule has 2 heteroatoms. The van der Waals surface area contributed by atoms with E-state index >= 15 is 0 Å². The summed E-state index contributed by atoms with van der Waals surface area (Å²) >= 11 is 0. The van der Waals surface area contributed by atoms with Crippen molar-refractivity contribution in [3.63, 3.8) is 0 Å². The van der Waals surface area contributed by atoms with Crippen molar-refractivity contribution < 1.29 is 10.2 Å².